The van der Waals surface area contributed by atoms with Crippen molar-refractivity contribution in [3.63, 3.8) is 0 Å². The second-order valence-corrected chi connectivity index (χ2v) is 7.61. The second kappa shape index (κ2) is 5.43. The van der Waals surface area contributed by atoms with Gasteiger partial charge in [-0.3, -0.25) is 4.90 Å². The molecule has 1 aliphatic heterocycles. The summed E-state index contributed by atoms with van der Waals surface area (Å²) in [5.41, 5.74) is 10.3. The number of hydrogen-bond donors (Lipinski definition) is 0. The first-order valence-corrected chi connectivity index (χ1v) is 9.92. The van der Waals surface area contributed by atoms with E-state index in [0.29, 0.717) is 6.04 Å². The van der Waals surface area contributed by atoms with Gasteiger partial charge in [-0.05, 0) is 71.7 Å². The maximum atomic E-state index is 6.50. The lowest BCUT2D eigenvalue weighted by Crippen LogP contribution is -2.38. The molecular formula is C23H27NO. The van der Waals surface area contributed by atoms with Gasteiger partial charge in [0.2, 0.25) is 0 Å². The van der Waals surface area contributed by atoms with Gasteiger partial charge < -0.3 is 4.74 Å². The van der Waals surface area contributed by atoms with Crippen LogP contribution in [0.3, 0.4) is 0 Å². The maximum absolute atomic E-state index is 6.50. The molecule has 0 aromatic heterocycles. The smallest absolute Gasteiger partial charge is 0.119 e. The predicted molar refractivity (Wildman–Crippen MR) is 102 cm³/mol. The molecule has 0 unspecified atom stereocenters. The van der Waals surface area contributed by atoms with Crippen LogP contribution in [-0.2, 0) is 23.2 Å². The summed E-state index contributed by atoms with van der Waals surface area (Å²) in [7, 11) is 0. The molecule has 0 bridgehead atoms. The molecule has 1 heterocycles. The first kappa shape index (κ1) is 15.6. The molecular weight excluding hydrogens is 306 g/mol. The monoisotopic (exact) mass is 333 g/mol. The number of hydrogen-bond acceptors (Lipinski definition) is 2. The zero-order valence-corrected chi connectivity index (χ0v) is 15.6. The Labute approximate surface area is 150 Å². The van der Waals surface area contributed by atoms with Gasteiger partial charge in [0.1, 0.15) is 5.60 Å². The van der Waals surface area contributed by atoms with Gasteiger partial charge in [-0.15, -0.1) is 0 Å². The summed E-state index contributed by atoms with van der Waals surface area (Å²) in [5, 5.41) is 0. The van der Waals surface area contributed by atoms with Crippen molar-refractivity contribution >= 4 is 0 Å². The molecule has 0 spiro atoms. The van der Waals surface area contributed by atoms with E-state index in [-0.39, 0.29) is 5.60 Å². The van der Waals surface area contributed by atoms with Crippen LogP contribution in [0.4, 0.5) is 0 Å². The lowest BCUT2D eigenvalue weighted by atomic mass is 9.77. The maximum Gasteiger partial charge on any atom is 0.119 e. The van der Waals surface area contributed by atoms with Crippen molar-refractivity contribution in [2.45, 2.75) is 51.7 Å². The summed E-state index contributed by atoms with van der Waals surface area (Å²) < 4.78 is 6.50. The van der Waals surface area contributed by atoms with E-state index in [4.69, 9.17) is 4.74 Å². The number of nitrogens with zero attached hydrogens (tertiary/aromatic N) is 1. The highest BCUT2D eigenvalue weighted by Crippen LogP contribution is 2.58. The van der Waals surface area contributed by atoms with E-state index in [1.807, 2.05) is 0 Å². The number of rotatable bonds is 4. The van der Waals surface area contributed by atoms with Gasteiger partial charge in [0.25, 0.3) is 0 Å². The van der Waals surface area contributed by atoms with Crippen LogP contribution in [0.1, 0.15) is 61.1 Å². The highest BCUT2D eigenvalue weighted by atomic mass is 16.5. The molecule has 3 aliphatic rings. The van der Waals surface area contributed by atoms with Gasteiger partial charge >= 0.3 is 0 Å². The summed E-state index contributed by atoms with van der Waals surface area (Å²) >= 11 is 0. The molecule has 0 amide bonds. The van der Waals surface area contributed by atoms with E-state index in [2.05, 4.69) is 56.0 Å². The lowest BCUT2D eigenvalue weighted by Gasteiger charge is -2.41. The number of likely N-dealkylation sites (N-methyl/N-ethyl adjacent to an activating group) is 1. The van der Waals surface area contributed by atoms with E-state index in [0.717, 1.165) is 26.0 Å². The molecule has 2 heteroatoms. The lowest BCUT2D eigenvalue weighted by molar-refractivity contribution is -0.0106. The first-order valence-electron chi connectivity index (χ1n) is 9.92. The molecule has 0 fully saturated rings. The number of ether oxygens (including phenoxy) is 1. The zero-order chi connectivity index (χ0) is 17.2. The summed E-state index contributed by atoms with van der Waals surface area (Å²) in [4.78, 5) is 2.67. The molecule has 5 rings (SSSR count). The Kier molecular flexibility index (Phi) is 3.39. The summed E-state index contributed by atoms with van der Waals surface area (Å²) in [5.74, 6) is 0. The van der Waals surface area contributed by atoms with Crippen LogP contribution in [0.15, 0.2) is 30.3 Å². The van der Waals surface area contributed by atoms with Crippen molar-refractivity contribution in [2.24, 2.45) is 0 Å². The van der Waals surface area contributed by atoms with Gasteiger partial charge in [-0.25, -0.2) is 0 Å². The van der Waals surface area contributed by atoms with Gasteiger partial charge in [-0.2, -0.15) is 0 Å². The molecule has 2 aliphatic carbocycles. The molecule has 0 N–H and O–H groups in total. The molecule has 2 aromatic carbocycles. The summed E-state index contributed by atoms with van der Waals surface area (Å²) in [6, 6.07) is 12.2. The van der Waals surface area contributed by atoms with E-state index in [1.165, 1.54) is 40.8 Å². The van der Waals surface area contributed by atoms with Crippen LogP contribution in [0, 0.1) is 0 Å². The summed E-state index contributed by atoms with van der Waals surface area (Å²) in [6.45, 7) is 9.77. The average molecular weight is 333 g/mol. The molecule has 25 heavy (non-hydrogen) atoms. The Morgan fingerprint density at radius 3 is 2.64 bits per heavy atom. The van der Waals surface area contributed by atoms with Gasteiger partial charge in [0.05, 0.1) is 0 Å². The van der Waals surface area contributed by atoms with Crippen LogP contribution in [-0.4, -0.2) is 24.6 Å². The van der Waals surface area contributed by atoms with Crippen LogP contribution in [0.25, 0.3) is 11.1 Å². The van der Waals surface area contributed by atoms with Crippen molar-refractivity contribution in [3.8, 4) is 11.1 Å². The molecule has 0 radical (unpaired) electrons. The topological polar surface area (TPSA) is 12.5 Å². The quantitative estimate of drug-likeness (QED) is 0.794. The fourth-order valence-corrected chi connectivity index (χ4v) is 5.72. The van der Waals surface area contributed by atoms with Crippen molar-refractivity contribution < 1.29 is 4.74 Å². The third kappa shape index (κ3) is 1.82. The van der Waals surface area contributed by atoms with Crippen LogP contribution in [0.2, 0.25) is 0 Å². The van der Waals surface area contributed by atoms with Gasteiger partial charge in [-0.1, -0.05) is 44.2 Å². The van der Waals surface area contributed by atoms with Crippen LogP contribution >= 0.6 is 0 Å². The predicted octanol–water partition coefficient (Wildman–Crippen LogP) is 4.83. The fraction of sp³-hybridized carbons (Fsp3) is 0.478. The molecule has 2 aromatic rings. The Morgan fingerprint density at radius 2 is 1.88 bits per heavy atom. The fourth-order valence-electron chi connectivity index (χ4n) is 5.72. The third-order valence-electron chi connectivity index (χ3n) is 6.76. The Hall–Kier alpha value is -1.64. The van der Waals surface area contributed by atoms with Crippen molar-refractivity contribution in [2.75, 3.05) is 19.7 Å². The van der Waals surface area contributed by atoms with Crippen LogP contribution in [0.5, 0.6) is 0 Å². The first-order chi connectivity index (χ1) is 12.2. The third-order valence-corrected chi connectivity index (χ3v) is 6.76. The summed E-state index contributed by atoms with van der Waals surface area (Å²) in [6.07, 6.45) is 3.32. The largest absolute Gasteiger partial charge is 0.366 e. The normalized spacial score (nSPS) is 26.0. The Balaban J connectivity index is 1.87. The molecule has 2 nitrogen and oxygen atoms in total. The highest BCUT2D eigenvalue weighted by Gasteiger charge is 2.48. The second-order valence-electron chi connectivity index (χ2n) is 7.61. The number of benzene rings is 2. The van der Waals surface area contributed by atoms with Crippen molar-refractivity contribution in [1.29, 1.82) is 0 Å². The van der Waals surface area contributed by atoms with E-state index >= 15 is 0 Å². The Bertz CT molecular complexity index is 855. The highest BCUT2D eigenvalue weighted by molar-refractivity contribution is 5.88. The zero-order valence-electron chi connectivity index (χ0n) is 15.6. The standard InChI is InChI=1S/C23H27NO/c1-4-23(25-6-3)17-9-7-8-16-14-19-21-15(12-13-24(19)5-2)10-11-18(23)22(21)20(16)17/h7-11,19H,4-6,12-14H2,1-3H3/t19-,23-/m1/s1. The van der Waals surface area contributed by atoms with Crippen LogP contribution < -0.4 is 0 Å². The van der Waals surface area contributed by atoms with Gasteiger partial charge in [0, 0.05) is 19.2 Å². The SMILES string of the molecule is CCO[C@]1(CC)c2cccc3c2-c2c1ccc1c2[C@@H](C3)N(CC)CC1. The minimum atomic E-state index is -0.256. The molecule has 0 saturated carbocycles. The minimum absolute atomic E-state index is 0.256. The molecule has 2 atom stereocenters. The van der Waals surface area contributed by atoms with E-state index in [9.17, 15) is 0 Å². The Morgan fingerprint density at radius 1 is 1.04 bits per heavy atom. The van der Waals surface area contributed by atoms with Gasteiger partial charge in [0.15, 0.2) is 0 Å². The molecule has 0 saturated heterocycles. The van der Waals surface area contributed by atoms with E-state index < -0.39 is 0 Å². The van der Waals surface area contributed by atoms with Crippen molar-refractivity contribution in [1.82, 2.24) is 4.90 Å². The molecule has 130 valence electrons. The average Bonchev–Trinajstić information content (AvgIpc) is 2.94. The van der Waals surface area contributed by atoms with Crippen molar-refractivity contribution in [3.05, 3.63) is 58.1 Å². The minimum Gasteiger partial charge on any atom is -0.366 e. The van der Waals surface area contributed by atoms with E-state index in [1.54, 1.807) is 11.1 Å².